The zero-order chi connectivity index (χ0) is 14.7. The summed E-state index contributed by atoms with van der Waals surface area (Å²) in [5.41, 5.74) is 0.291. The summed E-state index contributed by atoms with van der Waals surface area (Å²) in [6, 6.07) is 7.47. The number of para-hydroxylation sites is 2. The molecular weight excluding hydrogens is 310 g/mol. The van der Waals surface area contributed by atoms with Crippen LogP contribution in [-0.4, -0.2) is 29.9 Å². The molecule has 2 aromatic rings. The Hall–Kier alpha value is -1.73. The summed E-state index contributed by atoms with van der Waals surface area (Å²) in [6.07, 6.45) is -0.309. The molecule has 0 aliphatic carbocycles. The van der Waals surface area contributed by atoms with E-state index < -0.39 is 5.97 Å². The minimum Gasteiger partial charge on any atom is -0.485 e. The van der Waals surface area contributed by atoms with Gasteiger partial charge in [-0.05, 0) is 12.1 Å². The fraction of sp³-hybridized carbons (Fsp3) is 0.286. The van der Waals surface area contributed by atoms with Crippen molar-refractivity contribution in [1.29, 1.82) is 0 Å². The van der Waals surface area contributed by atoms with Gasteiger partial charge < -0.3 is 14.2 Å². The van der Waals surface area contributed by atoms with Crippen molar-refractivity contribution in [1.82, 2.24) is 4.98 Å². The zero-order valence-electron chi connectivity index (χ0n) is 11.0. The average molecular weight is 323 g/mol. The van der Waals surface area contributed by atoms with Gasteiger partial charge in [0, 0.05) is 11.1 Å². The fourth-order valence-corrected chi connectivity index (χ4v) is 2.77. The maximum atomic E-state index is 11.7. The van der Waals surface area contributed by atoms with Crippen molar-refractivity contribution in [3.8, 4) is 11.5 Å². The smallest absolute Gasteiger partial charge is 0.357 e. The van der Waals surface area contributed by atoms with Gasteiger partial charge in [0.15, 0.2) is 23.3 Å². The zero-order valence-corrected chi connectivity index (χ0v) is 12.7. The van der Waals surface area contributed by atoms with Gasteiger partial charge in [0.2, 0.25) is 0 Å². The molecule has 1 atom stereocenters. The van der Waals surface area contributed by atoms with Crippen molar-refractivity contribution in [2.75, 3.05) is 19.0 Å². The molecule has 1 aliphatic rings. The van der Waals surface area contributed by atoms with E-state index >= 15 is 0 Å². The van der Waals surface area contributed by atoms with Gasteiger partial charge >= 0.3 is 5.97 Å². The first-order valence-electron chi connectivity index (χ1n) is 6.40. The predicted octanol–water partition coefficient (Wildman–Crippen LogP) is 2.74. The van der Waals surface area contributed by atoms with Crippen LogP contribution < -0.4 is 9.47 Å². The number of ether oxygens (including phenoxy) is 3. The molecule has 1 aromatic carbocycles. The third-order valence-corrected chi connectivity index (χ3v) is 3.96. The van der Waals surface area contributed by atoms with Gasteiger partial charge in [0.25, 0.3) is 0 Å². The van der Waals surface area contributed by atoms with E-state index in [0.29, 0.717) is 28.8 Å². The van der Waals surface area contributed by atoms with E-state index in [1.807, 2.05) is 24.3 Å². The van der Waals surface area contributed by atoms with Crippen molar-refractivity contribution in [3.63, 3.8) is 0 Å². The minimum absolute atomic E-state index is 0.269. The molecule has 0 saturated carbocycles. The number of rotatable bonds is 4. The highest BCUT2D eigenvalue weighted by atomic mass is 32.1. The molecule has 21 heavy (non-hydrogen) atoms. The Kier molecular flexibility index (Phi) is 4.31. The average Bonchev–Trinajstić information content (AvgIpc) is 3.02. The molecule has 0 fully saturated rings. The molecule has 1 aromatic heterocycles. The monoisotopic (exact) mass is 323 g/mol. The Balaban J connectivity index is 1.71. The van der Waals surface area contributed by atoms with E-state index in [2.05, 4.69) is 17.6 Å². The lowest BCUT2D eigenvalue weighted by molar-refractivity contribution is 0.0522. The van der Waals surface area contributed by atoms with Gasteiger partial charge in [0.1, 0.15) is 18.2 Å². The lowest BCUT2D eigenvalue weighted by atomic mass is 10.2. The largest absolute Gasteiger partial charge is 0.485 e. The lowest BCUT2D eigenvalue weighted by Gasteiger charge is -2.24. The van der Waals surface area contributed by atoms with E-state index in [4.69, 9.17) is 14.2 Å². The Morgan fingerprint density at radius 3 is 3.05 bits per heavy atom. The van der Waals surface area contributed by atoms with Crippen molar-refractivity contribution >= 4 is 29.9 Å². The van der Waals surface area contributed by atoms with Crippen LogP contribution in [0.15, 0.2) is 29.6 Å². The summed E-state index contributed by atoms with van der Waals surface area (Å²) < 4.78 is 16.5. The van der Waals surface area contributed by atoms with Crippen molar-refractivity contribution < 1.29 is 19.0 Å². The maximum absolute atomic E-state index is 11.7. The molecule has 7 heteroatoms. The second-order valence-corrected chi connectivity index (χ2v) is 5.63. The molecule has 0 bridgehead atoms. The van der Waals surface area contributed by atoms with E-state index in [-0.39, 0.29) is 12.7 Å². The lowest BCUT2D eigenvalue weighted by Crippen LogP contribution is -2.21. The molecule has 2 heterocycles. The summed E-state index contributed by atoms with van der Waals surface area (Å²) in [4.78, 5) is 16.0. The Morgan fingerprint density at radius 2 is 2.24 bits per heavy atom. The van der Waals surface area contributed by atoms with Crippen molar-refractivity contribution in [2.24, 2.45) is 0 Å². The van der Waals surface area contributed by atoms with Gasteiger partial charge in [-0.25, -0.2) is 9.78 Å². The topological polar surface area (TPSA) is 57.7 Å². The standard InChI is InChI=1S/C14H13NO4S2/c16-14(17-5-6-20)9-8-21-13(15-9)12-7-18-10-3-1-2-4-11(10)19-12/h1-4,8,12,20H,5-7H2. The normalized spacial score (nSPS) is 16.5. The van der Waals surface area contributed by atoms with Crippen LogP contribution in [-0.2, 0) is 4.74 Å². The van der Waals surface area contributed by atoms with Gasteiger partial charge in [-0.3, -0.25) is 0 Å². The number of hydrogen-bond acceptors (Lipinski definition) is 7. The van der Waals surface area contributed by atoms with Gasteiger partial charge in [0.05, 0.1) is 0 Å². The number of hydrogen-bond donors (Lipinski definition) is 1. The molecular formula is C14H13NO4S2. The van der Waals surface area contributed by atoms with Crippen LogP contribution in [0, 0.1) is 0 Å². The highest BCUT2D eigenvalue weighted by Crippen LogP contribution is 2.36. The van der Waals surface area contributed by atoms with Crippen LogP contribution in [0.25, 0.3) is 0 Å². The van der Waals surface area contributed by atoms with Crippen molar-refractivity contribution in [2.45, 2.75) is 6.10 Å². The van der Waals surface area contributed by atoms with E-state index in [1.165, 1.54) is 11.3 Å². The molecule has 110 valence electrons. The second-order valence-electron chi connectivity index (χ2n) is 4.29. The van der Waals surface area contributed by atoms with E-state index in [9.17, 15) is 4.79 Å². The summed E-state index contributed by atoms with van der Waals surface area (Å²) in [7, 11) is 0. The summed E-state index contributed by atoms with van der Waals surface area (Å²) in [5, 5.41) is 2.36. The molecule has 1 unspecified atom stereocenters. The van der Waals surface area contributed by atoms with Crippen LogP contribution in [0.4, 0.5) is 0 Å². The molecule has 0 N–H and O–H groups in total. The predicted molar refractivity (Wildman–Crippen MR) is 81.6 cm³/mol. The number of aromatic nitrogens is 1. The Morgan fingerprint density at radius 1 is 1.43 bits per heavy atom. The number of carbonyl (C=O) groups excluding carboxylic acids is 1. The summed E-state index contributed by atoms with van der Waals surface area (Å²) in [6.45, 7) is 0.640. The maximum Gasteiger partial charge on any atom is 0.357 e. The molecule has 0 saturated heterocycles. The van der Waals surface area contributed by atoms with Crippen LogP contribution in [0.3, 0.4) is 0 Å². The van der Waals surface area contributed by atoms with Crippen LogP contribution in [0.2, 0.25) is 0 Å². The van der Waals surface area contributed by atoms with Crippen molar-refractivity contribution in [3.05, 3.63) is 40.3 Å². The van der Waals surface area contributed by atoms with Crippen LogP contribution >= 0.6 is 24.0 Å². The quantitative estimate of drug-likeness (QED) is 0.692. The summed E-state index contributed by atoms with van der Waals surface area (Å²) in [5.74, 6) is 1.45. The first-order valence-corrected chi connectivity index (χ1v) is 7.91. The number of benzene rings is 1. The molecule has 3 rings (SSSR count). The van der Waals surface area contributed by atoms with E-state index in [0.717, 1.165) is 5.75 Å². The Labute approximate surface area is 131 Å². The number of nitrogens with zero attached hydrogens (tertiary/aromatic N) is 1. The second kappa shape index (κ2) is 6.36. The molecule has 0 radical (unpaired) electrons. The molecule has 5 nitrogen and oxygen atoms in total. The third kappa shape index (κ3) is 3.14. The Bertz CT molecular complexity index is 643. The molecule has 0 amide bonds. The highest BCUT2D eigenvalue weighted by Gasteiger charge is 2.26. The van der Waals surface area contributed by atoms with Gasteiger partial charge in [-0.2, -0.15) is 12.6 Å². The van der Waals surface area contributed by atoms with Crippen LogP contribution in [0.5, 0.6) is 11.5 Å². The number of thiazole rings is 1. The number of fused-ring (bicyclic) bond motifs is 1. The molecule has 1 aliphatic heterocycles. The highest BCUT2D eigenvalue weighted by molar-refractivity contribution is 7.80. The van der Waals surface area contributed by atoms with Gasteiger partial charge in [-0.1, -0.05) is 12.1 Å². The summed E-state index contributed by atoms with van der Waals surface area (Å²) >= 11 is 5.35. The SMILES string of the molecule is O=C(OCCS)c1csc(C2COc3ccccc3O2)n1. The third-order valence-electron chi connectivity index (χ3n) is 2.84. The van der Waals surface area contributed by atoms with E-state index in [1.54, 1.807) is 5.38 Å². The molecule has 0 spiro atoms. The first-order chi connectivity index (χ1) is 10.3. The number of thiol groups is 1. The number of esters is 1. The fourth-order valence-electron chi connectivity index (χ4n) is 1.88. The van der Waals surface area contributed by atoms with Crippen LogP contribution in [0.1, 0.15) is 21.6 Å². The van der Waals surface area contributed by atoms with Gasteiger partial charge in [-0.15, -0.1) is 11.3 Å². The number of carbonyl (C=O) groups is 1. The minimum atomic E-state index is -0.441. The first kappa shape index (κ1) is 14.2.